The molecule has 0 aliphatic carbocycles. The molecule has 15 heavy (non-hydrogen) atoms. The molecular formula is C11H22Cl2N2. The number of nitrogens with zero attached hydrogens (tertiary/aromatic N) is 2. The van der Waals surface area contributed by atoms with Crippen LogP contribution in [0.4, 0.5) is 0 Å². The predicted molar refractivity (Wildman–Crippen MR) is 67.4 cm³/mol. The van der Waals surface area contributed by atoms with E-state index in [1.54, 1.807) is 0 Å². The molecule has 90 valence electrons. The van der Waals surface area contributed by atoms with E-state index in [-0.39, 0.29) is 11.1 Å². The van der Waals surface area contributed by atoms with Crippen LogP contribution < -0.4 is 0 Å². The summed E-state index contributed by atoms with van der Waals surface area (Å²) in [6, 6.07) is 0. The summed E-state index contributed by atoms with van der Waals surface area (Å²) in [5.41, 5.74) is -0.0208. The number of halogens is 2. The van der Waals surface area contributed by atoms with E-state index in [1.165, 1.54) is 0 Å². The van der Waals surface area contributed by atoms with Crippen LogP contribution in [0.25, 0.3) is 0 Å². The van der Waals surface area contributed by atoms with E-state index >= 15 is 0 Å². The minimum absolute atomic E-state index is 0.0104. The molecular weight excluding hydrogens is 231 g/mol. The van der Waals surface area contributed by atoms with E-state index in [4.69, 9.17) is 23.2 Å². The van der Waals surface area contributed by atoms with Crippen molar-refractivity contribution in [3.8, 4) is 0 Å². The van der Waals surface area contributed by atoms with Crippen LogP contribution in [0.3, 0.4) is 0 Å². The highest BCUT2D eigenvalue weighted by molar-refractivity contribution is 6.47. The molecule has 0 aromatic heterocycles. The highest BCUT2D eigenvalue weighted by Crippen LogP contribution is 2.43. The monoisotopic (exact) mass is 252 g/mol. The maximum Gasteiger partial charge on any atom is 0.230 e. The lowest BCUT2D eigenvalue weighted by atomic mass is 10.1. The maximum atomic E-state index is 6.49. The third-order valence-corrected chi connectivity index (χ3v) is 3.63. The quantitative estimate of drug-likeness (QED) is 0.483. The molecule has 0 aromatic carbocycles. The zero-order valence-electron chi connectivity index (χ0n) is 10.6. The molecule has 0 N–H and O–H groups in total. The van der Waals surface area contributed by atoms with Crippen LogP contribution in [0.15, 0.2) is 0 Å². The van der Waals surface area contributed by atoms with Crippen molar-refractivity contribution < 1.29 is 0 Å². The molecule has 0 unspecified atom stereocenters. The van der Waals surface area contributed by atoms with Gasteiger partial charge < -0.3 is 0 Å². The van der Waals surface area contributed by atoms with Crippen molar-refractivity contribution in [2.45, 2.75) is 57.2 Å². The van der Waals surface area contributed by atoms with Gasteiger partial charge in [-0.05, 0) is 41.5 Å². The van der Waals surface area contributed by atoms with Gasteiger partial charge in [0.15, 0.2) is 0 Å². The molecule has 4 heteroatoms. The molecule has 0 bridgehead atoms. The summed E-state index contributed by atoms with van der Waals surface area (Å²) in [7, 11) is 0. The molecule has 1 aliphatic heterocycles. The lowest BCUT2D eigenvalue weighted by molar-refractivity contribution is 0.0410. The van der Waals surface area contributed by atoms with Gasteiger partial charge in [0.2, 0.25) is 4.58 Å². The van der Waals surface area contributed by atoms with Crippen LogP contribution in [-0.4, -0.2) is 38.5 Å². The standard InChI is InChI=1S/C11H22Cl2N2/c1-9(2,3)14-7-8-15(10(4,5)6)11(14,12)13/h7-8H2,1-6H3. The average molecular weight is 253 g/mol. The molecule has 1 aliphatic rings. The second kappa shape index (κ2) is 3.76. The predicted octanol–water partition coefficient (Wildman–Crippen LogP) is 3.29. The number of hydrogen-bond acceptors (Lipinski definition) is 2. The number of hydrogen-bond donors (Lipinski definition) is 0. The molecule has 2 nitrogen and oxygen atoms in total. The summed E-state index contributed by atoms with van der Waals surface area (Å²) >= 11 is 13.0. The van der Waals surface area contributed by atoms with E-state index in [1.807, 2.05) is 0 Å². The second-order valence-corrected chi connectivity index (χ2v) is 7.40. The molecule has 0 spiro atoms. The Balaban J connectivity index is 2.95. The average Bonchev–Trinajstić information content (AvgIpc) is 2.21. The molecule has 1 saturated heterocycles. The molecule has 0 atom stereocenters. The summed E-state index contributed by atoms with van der Waals surface area (Å²) in [6.45, 7) is 14.6. The van der Waals surface area contributed by atoms with Gasteiger partial charge in [0.25, 0.3) is 0 Å². The molecule has 1 heterocycles. The van der Waals surface area contributed by atoms with Gasteiger partial charge in [0.1, 0.15) is 0 Å². The number of alkyl halides is 2. The third kappa shape index (κ3) is 2.60. The van der Waals surface area contributed by atoms with Gasteiger partial charge in [0, 0.05) is 24.2 Å². The first-order valence-electron chi connectivity index (χ1n) is 5.40. The molecule has 1 rings (SSSR count). The van der Waals surface area contributed by atoms with Crippen LogP contribution in [0.5, 0.6) is 0 Å². The molecule has 1 fully saturated rings. The summed E-state index contributed by atoms with van der Waals surface area (Å²) < 4.78 is -0.892. The summed E-state index contributed by atoms with van der Waals surface area (Å²) in [5.74, 6) is 0. The SMILES string of the molecule is CC(C)(C)N1CCN(C(C)(C)C)C1(Cl)Cl. The van der Waals surface area contributed by atoms with Gasteiger partial charge in [-0.2, -0.15) is 0 Å². The van der Waals surface area contributed by atoms with Gasteiger partial charge in [-0.15, -0.1) is 0 Å². The Bertz CT molecular complexity index is 214. The Kier molecular flexibility index (Phi) is 3.40. The van der Waals surface area contributed by atoms with Gasteiger partial charge in [0.05, 0.1) is 0 Å². The van der Waals surface area contributed by atoms with E-state index in [0.29, 0.717) is 0 Å². The van der Waals surface area contributed by atoms with E-state index in [9.17, 15) is 0 Å². The fourth-order valence-electron chi connectivity index (χ4n) is 2.09. The van der Waals surface area contributed by atoms with Crippen molar-refractivity contribution in [3.05, 3.63) is 0 Å². The highest BCUT2D eigenvalue weighted by atomic mass is 35.5. The lowest BCUT2D eigenvalue weighted by Crippen LogP contribution is -2.56. The Morgan fingerprint density at radius 1 is 0.800 bits per heavy atom. The topological polar surface area (TPSA) is 6.48 Å². The summed E-state index contributed by atoms with van der Waals surface area (Å²) in [6.07, 6.45) is 0. The summed E-state index contributed by atoms with van der Waals surface area (Å²) in [5, 5.41) is 0. The van der Waals surface area contributed by atoms with Crippen molar-refractivity contribution in [2.24, 2.45) is 0 Å². The number of rotatable bonds is 0. The van der Waals surface area contributed by atoms with Crippen molar-refractivity contribution >= 4 is 23.2 Å². The lowest BCUT2D eigenvalue weighted by Gasteiger charge is -2.45. The zero-order chi connectivity index (χ0) is 12.1. The van der Waals surface area contributed by atoms with Gasteiger partial charge in [-0.1, -0.05) is 23.2 Å². The Morgan fingerprint density at radius 3 is 1.20 bits per heavy atom. The minimum atomic E-state index is -0.892. The molecule has 0 radical (unpaired) electrons. The molecule has 0 saturated carbocycles. The van der Waals surface area contributed by atoms with Gasteiger partial charge in [-0.25, -0.2) is 0 Å². The first-order chi connectivity index (χ1) is 6.47. The van der Waals surface area contributed by atoms with Gasteiger partial charge >= 0.3 is 0 Å². The van der Waals surface area contributed by atoms with Crippen molar-refractivity contribution in [1.29, 1.82) is 0 Å². The zero-order valence-corrected chi connectivity index (χ0v) is 12.1. The fourth-order valence-corrected chi connectivity index (χ4v) is 3.44. The Morgan fingerprint density at radius 2 is 1.07 bits per heavy atom. The van der Waals surface area contributed by atoms with Crippen LogP contribution in [0.1, 0.15) is 41.5 Å². The largest absolute Gasteiger partial charge is 0.253 e. The van der Waals surface area contributed by atoms with E-state index < -0.39 is 4.58 Å². The normalized spacial score (nSPS) is 24.8. The molecule has 0 amide bonds. The summed E-state index contributed by atoms with van der Waals surface area (Å²) in [4.78, 5) is 4.27. The second-order valence-electron chi connectivity index (χ2n) is 6.15. The molecule has 0 aromatic rings. The fraction of sp³-hybridized carbons (Fsp3) is 1.00. The van der Waals surface area contributed by atoms with Gasteiger partial charge in [-0.3, -0.25) is 9.80 Å². The van der Waals surface area contributed by atoms with Crippen LogP contribution in [0.2, 0.25) is 0 Å². The highest BCUT2D eigenvalue weighted by Gasteiger charge is 2.52. The van der Waals surface area contributed by atoms with E-state index in [0.717, 1.165) is 13.1 Å². The van der Waals surface area contributed by atoms with Crippen LogP contribution in [0, 0.1) is 0 Å². The first kappa shape index (κ1) is 13.6. The smallest absolute Gasteiger partial charge is 0.230 e. The maximum absolute atomic E-state index is 6.49. The van der Waals surface area contributed by atoms with Crippen molar-refractivity contribution in [1.82, 2.24) is 9.80 Å². The van der Waals surface area contributed by atoms with Crippen molar-refractivity contribution in [3.63, 3.8) is 0 Å². The first-order valence-corrected chi connectivity index (χ1v) is 6.16. The van der Waals surface area contributed by atoms with Crippen LogP contribution >= 0.6 is 23.2 Å². The van der Waals surface area contributed by atoms with E-state index in [2.05, 4.69) is 51.3 Å². The Labute approximate surface area is 104 Å². The third-order valence-electron chi connectivity index (χ3n) is 2.82. The van der Waals surface area contributed by atoms with Crippen molar-refractivity contribution in [2.75, 3.05) is 13.1 Å². The minimum Gasteiger partial charge on any atom is -0.253 e. The Hall–Kier alpha value is 0.500. The van der Waals surface area contributed by atoms with Crippen LogP contribution in [-0.2, 0) is 0 Å².